The van der Waals surface area contributed by atoms with Gasteiger partial charge in [-0.05, 0) is 108 Å². The molecule has 2 aliphatic rings. The molecule has 0 spiro atoms. The van der Waals surface area contributed by atoms with E-state index in [0.717, 1.165) is 11.1 Å². The van der Waals surface area contributed by atoms with Crippen molar-refractivity contribution in [3.8, 4) is 0 Å². The van der Waals surface area contributed by atoms with E-state index in [1.54, 1.807) is 0 Å². The van der Waals surface area contributed by atoms with Crippen molar-refractivity contribution in [1.82, 2.24) is 0 Å². The zero-order valence-corrected chi connectivity index (χ0v) is 23.8. The summed E-state index contributed by atoms with van der Waals surface area (Å²) in [4.78, 5) is 0. The minimum atomic E-state index is -4.53. The lowest BCUT2D eigenvalue weighted by molar-refractivity contribution is 0.466. The van der Waals surface area contributed by atoms with Crippen LogP contribution in [0.1, 0.15) is 37.8 Å². The number of fused-ring (bicyclic) bond motifs is 2. The van der Waals surface area contributed by atoms with Crippen molar-refractivity contribution in [2.24, 2.45) is 0 Å². The topological polar surface area (TPSA) is 109 Å². The highest BCUT2D eigenvalue weighted by molar-refractivity contribution is 9.10. The van der Waals surface area contributed by atoms with E-state index < -0.39 is 29.7 Å². The van der Waals surface area contributed by atoms with Gasteiger partial charge in [0.1, 0.15) is 9.49 Å². The minimum absolute atomic E-state index is 0.162. The summed E-state index contributed by atoms with van der Waals surface area (Å²) in [5, 5.41) is 2.71. The van der Waals surface area contributed by atoms with Crippen molar-refractivity contribution in [1.29, 1.82) is 0 Å². The molecule has 2 unspecified atom stereocenters. The third kappa shape index (κ3) is 3.87. The van der Waals surface area contributed by atoms with Crippen molar-refractivity contribution in [3.63, 3.8) is 0 Å². The predicted octanol–water partition coefficient (Wildman–Crippen LogP) is 2.49. The molecule has 2 aromatic rings. The van der Waals surface area contributed by atoms with Gasteiger partial charge in [-0.15, -0.1) is 0 Å². The monoisotopic (exact) mass is 630 g/mol. The number of aryl methyl sites for hydroxylation is 2. The maximum Gasteiger partial charge on any atom is 0.278 e. The summed E-state index contributed by atoms with van der Waals surface area (Å²) >= 11 is 6.99. The van der Waals surface area contributed by atoms with Crippen LogP contribution in [0.15, 0.2) is 33.2 Å². The quantitative estimate of drug-likeness (QED) is 0.491. The zero-order chi connectivity index (χ0) is 25.4. The van der Waals surface area contributed by atoms with E-state index in [4.69, 9.17) is 0 Å². The summed E-state index contributed by atoms with van der Waals surface area (Å²) in [6, 6.07) is 7.47. The summed E-state index contributed by atoms with van der Waals surface area (Å²) in [6.07, 6.45) is 3.38. The van der Waals surface area contributed by atoms with E-state index in [-0.39, 0.29) is 12.8 Å². The molecule has 6 nitrogen and oxygen atoms in total. The highest BCUT2D eigenvalue weighted by atomic mass is 79.9. The maximum atomic E-state index is 12.5. The van der Waals surface area contributed by atoms with Crippen LogP contribution >= 0.6 is 31.9 Å². The molecule has 182 valence electrons. The molecule has 0 bridgehead atoms. The van der Waals surface area contributed by atoms with Crippen molar-refractivity contribution in [3.05, 3.63) is 65.2 Å². The summed E-state index contributed by atoms with van der Waals surface area (Å²) in [6.45, 7) is 6.67. The fourth-order valence-electron chi connectivity index (χ4n) is 5.04. The van der Waals surface area contributed by atoms with E-state index in [9.17, 15) is 25.9 Å². The van der Waals surface area contributed by atoms with Gasteiger partial charge in [0, 0.05) is 8.95 Å². The fourth-order valence-corrected chi connectivity index (χ4v) is 7.99. The van der Waals surface area contributed by atoms with Gasteiger partial charge in [0.2, 0.25) is 0 Å². The third-order valence-corrected chi connectivity index (χ3v) is 11.1. The first-order valence-corrected chi connectivity index (χ1v) is 15.0. The molecule has 0 aromatic heterocycles. The van der Waals surface area contributed by atoms with Gasteiger partial charge in [0.15, 0.2) is 0 Å². The average Bonchev–Trinajstić information content (AvgIpc) is 3.13. The second kappa shape index (κ2) is 8.11. The molecule has 2 atom stereocenters. The Morgan fingerprint density at radius 2 is 1.03 bits per heavy atom. The number of rotatable bonds is 5. The number of hydrogen-bond acceptors (Lipinski definition) is 4. The fraction of sp³-hybridized carbons (Fsp3) is 0.333. The SMILES string of the molecule is Cc1cc(Br)c2c(c1)=C(CCC1=c3cc(C)cc(Br)c3=CC1(C)S(=O)(=O)O)C(C)(S(=O)(=O)O)C=2. The second-order valence-corrected chi connectivity index (χ2v) is 14.6. The van der Waals surface area contributed by atoms with Crippen LogP contribution in [0.5, 0.6) is 0 Å². The number of benzene rings is 2. The standard InChI is InChI=1S/C24H24Br2O6S2/c1-13-7-15-17(21(25)9-13)11-23(3,33(27,28)29)19(15)5-6-20-16-8-14(2)10-22(26)18(16)12-24(20,4)34(30,31)32/h7-12H,5-6H2,1-4H3,(H,27,28,29)(H,30,31,32). The Balaban J connectivity index is 1.98. The molecule has 0 radical (unpaired) electrons. The normalized spacial score (nSPS) is 24.0. The van der Waals surface area contributed by atoms with E-state index in [1.165, 1.54) is 26.0 Å². The Morgan fingerprint density at radius 1 is 0.706 bits per heavy atom. The van der Waals surface area contributed by atoms with Crippen LogP contribution < -0.4 is 20.9 Å². The third-order valence-electron chi connectivity index (χ3n) is 6.93. The van der Waals surface area contributed by atoms with Gasteiger partial charge in [0.05, 0.1) is 0 Å². The lowest BCUT2D eigenvalue weighted by Crippen LogP contribution is -2.36. The molecular formula is C24H24Br2O6S2. The van der Waals surface area contributed by atoms with Crippen LogP contribution in [0.4, 0.5) is 0 Å². The Labute approximate surface area is 215 Å². The minimum Gasteiger partial charge on any atom is -0.285 e. The molecule has 0 heterocycles. The van der Waals surface area contributed by atoms with Crippen LogP contribution in [0.25, 0.3) is 23.3 Å². The van der Waals surface area contributed by atoms with Gasteiger partial charge in [-0.1, -0.05) is 44.0 Å². The van der Waals surface area contributed by atoms with Gasteiger partial charge in [-0.3, -0.25) is 9.11 Å². The van der Waals surface area contributed by atoms with Gasteiger partial charge in [-0.2, -0.15) is 16.8 Å². The van der Waals surface area contributed by atoms with Gasteiger partial charge < -0.3 is 0 Å². The molecule has 2 aliphatic carbocycles. The van der Waals surface area contributed by atoms with E-state index >= 15 is 0 Å². The van der Waals surface area contributed by atoms with Gasteiger partial charge in [-0.25, -0.2) is 0 Å². The molecule has 0 saturated carbocycles. The average molecular weight is 632 g/mol. The zero-order valence-electron chi connectivity index (χ0n) is 19.0. The molecule has 0 saturated heterocycles. The van der Waals surface area contributed by atoms with Crippen LogP contribution in [0, 0.1) is 13.8 Å². The van der Waals surface area contributed by atoms with Crippen LogP contribution in [-0.4, -0.2) is 35.4 Å². The van der Waals surface area contributed by atoms with Crippen LogP contribution in [-0.2, 0) is 20.2 Å². The summed E-state index contributed by atoms with van der Waals surface area (Å²) in [5.74, 6) is 0. The number of halogens is 2. The summed E-state index contributed by atoms with van der Waals surface area (Å²) in [7, 11) is -9.06. The van der Waals surface area contributed by atoms with Crippen molar-refractivity contribution < 1.29 is 25.9 Å². The van der Waals surface area contributed by atoms with E-state index in [2.05, 4.69) is 31.9 Å². The Morgan fingerprint density at radius 3 is 1.32 bits per heavy atom. The van der Waals surface area contributed by atoms with Gasteiger partial charge >= 0.3 is 0 Å². The molecule has 4 rings (SSSR count). The highest BCUT2D eigenvalue weighted by Crippen LogP contribution is 2.39. The van der Waals surface area contributed by atoms with E-state index in [1.807, 2.05) is 38.1 Å². The van der Waals surface area contributed by atoms with Crippen LogP contribution in [0.2, 0.25) is 0 Å². The first kappa shape index (κ1) is 25.8. The Hall–Kier alpha value is -1.30. The Kier molecular flexibility index (Phi) is 6.15. The lowest BCUT2D eigenvalue weighted by Gasteiger charge is -2.27. The smallest absolute Gasteiger partial charge is 0.278 e. The highest BCUT2D eigenvalue weighted by Gasteiger charge is 2.46. The molecule has 2 aromatic carbocycles. The van der Waals surface area contributed by atoms with E-state index in [0.29, 0.717) is 41.0 Å². The molecule has 10 heteroatoms. The molecular weight excluding hydrogens is 608 g/mol. The van der Waals surface area contributed by atoms with Gasteiger partial charge in [0.25, 0.3) is 20.2 Å². The predicted molar refractivity (Wildman–Crippen MR) is 141 cm³/mol. The summed E-state index contributed by atoms with van der Waals surface area (Å²) in [5.41, 5.74) is 2.76. The summed E-state index contributed by atoms with van der Waals surface area (Å²) < 4.78 is 68.6. The lowest BCUT2D eigenvalue weighted by atomic mass is 9.91. The number of hydrogen-bond donors (Lipinski definition) is 2. The Bertz CT molecular complexity index is 1600. The molecule has 0 fully saturated rings. The second-order valence-electron chi connectivity index (χ2n) is 9.33. The van der Waals surface area contributed by atoms with Crippen LogP contribution in [0.3, 0.4) is 0 Å². The largest absolute Gasteiger partial charge is 0.285 e. The first-order chi connectivity index (χ1) is 15.5. The van der Waals surface area contributed by atoms with Crippen molar-refractivity contribution >= 4 is 75.4 Å². The molecule has 2 N–H and O–H groups in total. The van der Waals surface area contributed by atoms with Crippen molar-refractivity contribution in [2.75, 3.05) is 0 Å². The van der Waals surface area contributed by atoms with Crippen molar-refractivity contribution in [2.45, 2.75) is 50.0 Å². The molecule has 0 amide bonds. The maximum absolute atomic E-state index is 12.5. The first-order valence-electron chi connectivity index (χ1n) is 10.5. The molecule has 34 heavy (non-hydrogen) atoms. The molecule has 0 aliphatic heterocycles.